The van der Waals surface area contributed by atoms with E-state index in [9.17, 15) is 9.59 Å². The summed E-state index contributed by atoms with van der Waals surface area (Å²) in [6.07, 6.45) is 1.79. The molecule has 106 valence electrons. The van der Waals surface area contributed by atoms with E-state index in [0.29, 0.717) is 11.6 Å². The lowest BCUT2D eigenvalue weighted by Crippen LogP contribution is -2.52. The lowest BCUT2D eigenvalue weighted by Gasteiger charge is -2.33. The van der Waals surface area contributed by atoms with Crippen molar-refractivity contribution < 1.29 is 19.1 Å². The molecule has 1 amide bonds. The molecular weight excluding hydrogens is 330 g/mol. The number of carbonyl (C=O) groups excluding carboxylic acids is 2. The van der Waals surface area contributed by atoms with Crippen LogP contribution in [0.15, 0.2) is 16.7 Å². The second-order valence-electron chi connectivity index (χ2n) is 4.71. The van der Waals surface area contributed by atoms with Crippen molar-refractivity contribution in [2.24, 2.45) is 0 Å². The summed E-state index contributed by atoms with van der Waals surface area (Å²) < 4.78 is 11.3. The number of hydrogen-bond donors (Lipinski definition) is 2. The first-order valence-electron chi connectivity index (χ1n) is 6.01. The van der Waals surface area contributed by atoms with Gasteiger partial charge in [-0.25, -0.2) is 4.98 Å². The first kappa shape index (κ1) is 13.3. The Kier molecular flexibility index (Phi) is 3.14. The van der Waals surface area contributed by atoms with Crippen LogP contribution in [0.2, 0.25) is 0 Å². The number of nitrogens with one attached hydrogen (secondary N) is 2. The Labute approximate surface area is 123 Å². The maximum Gasteiger partial charge on any atom is 0.323 e. The molecule has 1 saturated heterocycles. The van der Waals surface area contributed by atoms with E-state index in [4.69, 9.17) is 4.74 Å². The molecule has 1 fully saturated rings. The molecular formula is C12H12BrN3O4. The first-order valence-corrected chi connectivity index (χ1v) is 6.80. The van der Waals surface area contributed by atoms with Gasteiger partial charge < -0.3 is 14.8 Å². The minimum Gasteiger partial charge on any atom is -0.472 e. The predicted molar refractivity (Wildman–Crippen MR) is 72.3 cm³/mol. The van der Waals surface area contributed by atoms with Crippen LogP contribution in [0.25, 0.3) is 0 Å². The minimum absolute atomic E-state index is 0.220. The molecule has 1 spiro atoms. The third kappa shape index (κ3) is 2.04. The van der Waals surface area contributed by atoms with Crippen LogP contribution in [0.3, 0.4) is 0 Å². The maximum atomic E-state index is 12.2. The number of ether oxygens (including phenoxy) is 2. The van der Waals surface area contributed by atoms with Gasteiger partial charge in [0.15, 0.2) is 11.6 Å². The largest absolute Gasteiger partial charge is 0.472 e. The second-order valence-corrected chi connectivity index (χ2v) is 5.63. The molecule has 0 aliphatic carbocycles. The number of anilines is 1. The van der Waals surface area contributed by atoms with E-state index in [1.54, 1.807) is 12.3 Å². The zero-order valence-electron chi connectivity index (χ0n) is 10.6. The maximum absolute atomic E-state index is 12.2. The monoisotopic (exact) mass is 341 g/mol. The minimum atomic E-state index is -1.10. The van der Waals surface area contributed by atoms with Gasteiger partial charge in [-0.05, 0) is 22.0 Å². The Hall–Kier alpha value is -1.67. The van der Waals surface area contributed by atoms with Crippen LogP contribution >= 0.6 is 15.9 Å². The highest BCUT2D eigenvalue weighted by Crippen LogP contribution is 2.37. The number of methoxy groups -OCH3 is 1. The van der Waals surface area contributed by atoms with Crippen LogP contribution in [-0.2, 0) is 14.3 Å². The Balaban J connectivity index is 1.89. The van der Waals surface area contributed by atoms with Crippen molar-refractivity contribution in [3.05, 3.63) is 16.7 Å². The summed E-state index contributed by atoms with van der Waals surface area (Å²) >= 11 is 3.30. The molecule has 2 aliphatic rings. The number of amides is 1. The number of carbonyl (C=O) groups is 2. The molecule has 0 unspecified atom stereocenters. The topological polar surface area (TPSA) is 89.6 Å². The summed E-state index contributed by atoms with van der Waals surface area (Å²) in [7, 11) is 1.31. The number of hydrogen-bond acceptors (Lipinski definition) is 6. The number of halogens is 1. The average Bonchev–Trinajstić information content (AvgIpc) is 2.85. The molecule has 3 heterocycles. The summed E-state index contributed by atoms with van der Waals surface area (Å²) in [5.41, 5.74) is -1.10. The van der Waals surface area contributed by atoms with E-state index < -0.39 is 17.6 Å². The summed E-state index contributed by atoms with van der Waals surface area (Å²) in [6, 6.07) is 1.18. The van der Waals surface area contributed by atoms with E-state index in [0.717, 1.165) is 4.47 Å². The van der Waals surface area contributed by atoms with Gasteiger partial charge in [-0.1, -0.05) is 0 Å². The van der Waals surface area contributed by atoms with Gasteiger partial charge in [0.25, 0.3) is 5.91 Å². The molecule has 7 nitrogen and oxygen atoms in total. The van der Waals surface area contributed by atoms with Gasteiger partial charge >= 0.3 is 5.97 Å². The molecule has 2 atom stereocenters. The Morgan fingerprint density at radius 3 is 3.20 bits per heavy atom. The van der Waals surface area contributed by atoms with Gasteiger partial charge in [-0.3, -0.25) is 14.9 Å². The molecule has 8 heteroatoms. The number of rotatable bonds is 1. The Bertz CT molecular complexity index is 594. The number of fused-ring (bicyclic) bond motifs is 1. The summed E-state index contributed by atoms with van der Waals surface area (Å²) in [5.74, 6) is 0.145. The number of pyridine rings is 1. The van der Waals surface area contributed by atoms with Crippen LogP contribution in [0.5, 0.6) is 5.75 Å². The SMILES string of the molecule is COC(=O)[C@@H]1C[C@]2(CN1)Oc1cc(Br)cnc1NC2=O. The smallest absolute Gasteiger partial charge is 0.323 e. The van der Waals surface area contributed by atoms with Crippen molar-refractivity contribution in [2.75, 3.05) is 19.0 Å². The fourth-order valence-electron chi connectivity index (χ4n) is 2.39. The van der Waals surface area contributed by atoms with Crippen LogP contribution in [0.4, 0.5) is 5.82 Å². The molecule has 0 bridgehead atoms. The highest BCUT2D eigenvalue weighted by molar-refractivity contribution is 9.10. The van der Waals surface area contributed by atoms with Crippen molar-refractivity contribution in [3.63, 3.8) is 0 Å². The summed E-state index contributed by atoms with van der Waals surface area (Å²) in [6.45, 7) is 0.241. The third-order valence-electron chi connectivity index (χ3n) is 3.42. The zero-order chi connectivity index (χ0) is 14.3. The van der Waals surface area contributed by atoms with Gasteiger partial charge in [0.1, 0.15) is 6.04 Å². The Morgan fingerprint density at radius 2 is 2.45 bits per heavy atom. The number of nitrogens with zero attached hydrogens (tertiary/aromatic N) is 1. The molecule has 0 radical (unpaired) electrons. The highest BCUT2D eigenvalue weighted by Gasteiger charge is 2.52. The van der Waals surface area contributed by atoms with Gasteiger partial charge in [-0.15, -0.1) is 0 Å². The van der Waals surface area contributed by atoms with E-state index in [1.807, 2.05) is 0 Å². The van der Waals surface area contributed by atoms with Crippen molar-refractivity contribution in [1.82, 2.24) is 10.3 Å². The van der Waals surface area contributed by atoms with Crippen LogP contribution in [0, 0.1) is 0 Å². The van der Waals surface area contributed by atoms with Crippen molar-refractivity contribution in [1.29, 1.82) is 0 Å². The van der Waals surface area contributed by atoms with Gasteiger partial charge in [0, 0.05) is 23.6 Å². The van der Waals surface area contributed by atoms with E-state index in [-0.39, 0.29) is 18.9 Å². The molecule has 0 aromatic carbocycles. The molecule has 2 N–H and O–H groups in total. The molecule has 0 saturated carbocycles. The van der Waals surface area contributed by atoms with Crippen molar-refractivity contribution in [3.8, 4) is 5.75 Å². The van der Waals surface area contributed by atoms with E-state index >= 15 is 0 Å². The number of aromatic nitrogens is 1. The fraction of sp³-hybridized carbons (Fsp3) is 0.417. The van der Waals surface area contributed by atoms with Gasteiger partial charge in [-0.2, -0.15) is 0 Å². The summed E-state index contributed by atoms with van der Waals surface area (Å²) in [4.78, 5) is 27.9. The van der Waals surface area contributed by atoms with Crippen LogP contribution in [0.1, 0.15) is 6.42 Å². The highest BCUT2D eigenvalue weighted by atomic mass is 79.9. The molecule has 3 rings (SSSR count). The van der Waals surface area contributed by atoms with Crippen molar-refractivity contribution >= 4 is 33.6 Å². The first-order chi connectivity index (χ1) is 9.54. The molecule has 20 heavy (non-hydrogen) atoms. The predicted octanol–water partition coefficient (Wildman–Crippen LogP) is 0.449. The summed E-state index contributed by atoms with van der Waals surface area (Å²) in [5, 5.41) is 5.66. The lowest BCUT2D eigenvalue weighted by molar-refractivity contribution is -0.143. The quantitative estimate of drug-likeness (QED) is 0.721. The van der Waals surface area contributed by atoms with E-state index in [1.165, 1.54) is 7.11 Å². The van der Waals surface area contributed by atoms with E-state index in [2.05, 4.69) is 36.3 Å². The Morgan fingerprint density at radius 1 is 1.65 bits per heavy atom. The van der Waals surface area contributed by atoms with Crippen LogP contribution < -0.4 is 15.4 Å². The standard InChI is InChI=1S/C12H12BrN3O4/c1-19-10(17)7-3-12(5-15-7)11(18)16-9-8(20-12)2-6(13)4-14-9/h2,4,7,15H,3,5H2,1H3,(H,14,16,18)/t7-,12+/m0/s1. The normalized spacial score (nSPS) is 27.7. The van der Waals surface area contributed by atoms with Crippen molar-refractivity contribution in [2.45, 2.75) is 18.1 Å². The van der Waals surface area contributed by atoms with Crippen LogP contribution in [-0.4, -0.2) is 42.2 Å². The lowest BCUT2D eigenvalue weighted by atomic mass is 9.97. The zero-order valence-corrected chi connectivity index (χ0v) is 12.2. The number of esters is 1. The molecule has 1 aromatic rings. The third-order valence-corrected chi connectivity index (χ3v) is 3.86. The molecule has 1 aromatic heterocycles. The average molecular weight is 342 g/mol. The fourth-order valence-corrected chi connectivity index (χ4v) is 2.70. The van der Waals surface area contributed by atoms with Gasteiger partial charge in [0.2, 0.25) is 5.60 Å². The second kappa shape index (κ2) is 4.71. The molecule has 2 aliphatic heterocycles. The van der Waals surface area contributed by atoms with Gasteiger partial charge in [0.05, 0.1) is 7.11 Å².